The Morgan fingerprint density at radius 2 is 2.24 bits per heavy atom. The smallest absolute Gasteiger partial charge is 0.137 e. The molecule has 2 N–H and O–H groups in total. The van der Waals surface area contributed by atoms with Crippen molar-refractivity contribution in [3.63, 3.8) is 0 Å². The lowest BCUT2D eigenvalue weighted by Crippen LogP contribution is -2.43. The third-order valence-corrected chi connectivity index (χ3v) is 3.34. The molecule has 1 aromatic heterocycles. The lowest BCUT2D eigenvalue weighted by Gasteiger charge is -2.26. The van der Waals surface area contributed by atoms with E-state index in [9.17, 15) is 0 Å². The van der Waals surface area contributed by atoms with Gasteiger partial charge in [0.15, 0.2) is 0 Å². The van der Waals surface area contributed by atoms with E-state index in [0.717, 1.165) is 41.8 Å². The van der Waals surface area contributed by atoms with Crippen molar-refractivity contribution in [1.82, 2.24) is 15.3 Å². The van der Waals surface area contributed by atoms with E-state index in [4.69, 9.17) is 11.6 Å². The molecule has 1 aliphatic heterocycles. The summed E-state index contributed by atoms with van der Waals surface area (Å²) in [5.41, 5.74) is 2.24. The monoisotopic (exact) mass is 247 g/mol. The van der Waals surface area contributed by atoms with E-state index in [1.54, 1.807) is 0 Å². The number of aromatic amines is 1. The second-order valence-electron chi connectivity index (χ2n) is 4.50. The summed E-state index contributed by atoms with van der Waals surface area (Å²) >= 11 is 5.97. The van der Waals surface area contributed by atoms with Crippen molar-refractivity contribution in [2.75, 3.05) is 13.1 Å². The van der Waals surface area contributed by atoms with Crippen molar-refractivity contribution in [1.29, 1.82) is 0 Å². The summed E-state index contributed by atoms with van der Waals surface area (Å²) < 4.78 is 0. The minimum absolute atomic E-state index is 0.739. The van der Waals surface area contributed by atoms with Gasteiger partial charge in [-0.15, -0.1) is 0 Å². The van der Waals surface area contributed by atoms with Gasteiger partial charge in [0.25, 0.3) is 0 Å². The van der Waals surface area contributed by atoms with Crippen LogP contribution in [0.2, 0.25) is 5.02 Å². The number of aromatic nitrogens is 2. The molecule has 1 fully saturated rings. The topological polar surface area (TPSA) is 40.7 Å². The van der Waals surface area contributed by atoms with Gasteiger partial charge in [0.2, 0.25) is 0 Å². The highest BCUT2D eigenvalue weighted by Gasteiger charge is 2.18. The largest absolute Gasteiger partial charge is 0.342 e. The highest BCUT2D eigenvalue weighted by molar-refractivity contribution is 6.30. The molecule has 0 spiro atoms. The maximum absolute atomic E-state index is 5.97. The highest BCUT2D eigenvalue weighted by atomic mass is 35.5. The van der Waals surface area contributed by atoms with Crippen LogP contribution >= 0.6 is 11.6 Å². The fourth-order valence-corrected chi connectivity index (χ4v) is 2.24. The SMILES string of the molecule is Clc1cccc(-c2ncc(CC3CNC3)[nH]2)c1. The minimum atomic E-state index is 0.739. The summed E-state index contributed by atoms with van der Waals surface area (Å²) in [5, 5.41) is 4.02. The molecule has 88 valence electrons. The zero-order chi connectivity index (χ0) is 11.7. The number of benzene rings is 1. The molecule has 0 bridgehead atoms. The zero-order valence-corrected chi connectivity index (χ0v) is 10.2. The number of H-pyrrole nitrogens is 1. The summed E-state index contributed by atoms with van der Waals surface area (Å²) in [6, 6.07) is 7.75. The van der Waals surface area contributed by atoms with E-state index in [1.807, 2.05) is 30.5 Å². The average Bonchev–Trinajstić information content (AvgIpc) is 2.72. The molecule has 0 atom stereocenters. The van der Waals surface area contributed by atoms with Crippen molar-refractivity contribution in [3.05, 3.63) is 41.2 Å². The molecular formula is C13H14ClN3. The Hall–Kier alpha value is -1.32. The molecular weight excluding hydrogens is 234 g/mol. The molecule has 0 saturated carbocycles. The first kappa shape index (κ1) is 10.8. The average molecular weight is 248 g/mol. The van der Waals surface area contributed by atoms with Crippen molar-refractivity contribution < 1.29 is 0 Å². The summed E-state index contributed by atoms with van der Waals surface area (Å²) in [6.45, 7) is 2.23. The van der Waals surface area contributed by atoms with Gasteiger partial charge in [0, 0.05) is 22.5 Å². The molecule has 2 aromatic rings. The van der Waals surface area contributed by atoms with Crippen molar-refractivity contribution in [3.8, 4) is 11.4 Å². The van der Waals surface area contributed by atoms with Gasteiger partial charge in [-0.3, -0.25) is 0 Å². The highest BCUT2D eigenvalue weighted by Crippen LogP contribution is 2.21. The van der Waals surface area contributed by atoms with Crippen LogP contribution in [0.25, 0.3) is 11.4 Å². The summed E-state index contributed by atoms with van der Waals surface area (Å²) in [7, 11) is 0. The van der Waals surface area contributed by atoms with Crippen LogP contribution in [0.5, 0.6) is 0 Å². The maximum Gasteiger partial charge on any atom is 0.137 e. The molecule has 3 nitrogen and oxygen atoms in total. The Balaban J connectivity index is 1.79. The van der Waals surface area contributed by atoms with Gasteiger partial charge in [0.1, 0.15) is 5.82 Å². The van der Waals surface area contributed by atoms with E-state index in [2.05, 4.69) is 15.3 Å². The molecule has 2 heterocycles. The van der Waals surface area contributed by atoms with E-state index in [-0.39, 0.29) is 0 Å². The first-order valence-electron chi connectivity index (χ1n) is 5.82. The molecule has 1 saturated heterocycles. The number of nitrogens with zero attached hydrogens (tertiary/aromatic N) is 1. The third-order valence-electron chi connectivity index (χ3n) is 3.10. The number of nitrogens with one attached hydrogen (secondary N) is 2. The van der Waals surface area contributed by atoms with Crippen LogP contribution in [-0.2, 0) is 6.42 Å². The molecule has 0 radical (unpaired) electrons. The van der Waals surface area contributed by atoms with Crippen LogP contribution in [0.4, 0.5) is 0 Å². The van der Waals surface area contributed by atoms with Gasteiger partial charge < -0.3 is 10.3 Å². The van der Waals surface area contributed by atoms with Gasteiger partial charge >= 0.3 is 0 Å². The van der Waals surface area contributed by atoms with E-state index in [1.165, 1.54) is 5.69 Å². The van der Waals surface area contributed by atoms with Gasteiger partial charge in [-0.1, -0.05) is 23.7 Å². The molecule has 0 aliphatic carbocycles. The number of hydrogen-bond acceptors (Lipinski definition) is 2. The third kappa shape index (κ3) is 2.35. The Bertz CT molecular complexity index is 517. The Labute approximate surface area is 105 Å². The van der Waals surface area contributed by atoms with Crippen LogP contribution in [0.1, 0.15) is 5.69 Å². The quantitative estimate of drug-likeness (QED) is 0.875. The molecule has 4 heteroatoms. The molecule has 17 heavy (non-hydrogen) atoms. The Morgan fingerprint density at radius 1 is 1.35 bits per heavy atom. The van der Waals surface area contributed by atoms with Crippen molar-refractivity contribution in [2.45, 2.75) is 6.42 Å². The standard InChI is InChI=1S/C13H14ClN3/c14-11-3-1-2-10(5-11)13-16-8-12(17-13)4-9-6-15-7-9/h1-3,5,8-9,15H,4,6-7H2,(H,16,17). The Morgan fingerprint density at radius 3 is 2.94 bits per heavy atom. The van der Waals surface area contributed by atoms with Gasteiger partial charge in [-0.05, 0) is 37.6 Å². The summed E-state index contributed by atoms with van der Waals surface area (Å²) in [6.07, 6.45) is 3.00. The lowest BCUT2D eigenvalue weighted by atomic mass is 9.98. The molecule has 1 aromatic carbocycles. The van der Waals surface area contributed by atoms with Crippen LogP contribution in [-0.4, -0.2) is 23.1 Å². The minimum Gasteiger partial charge on any atom is -0.342 e. The van der Waals surface area contributed by atoms with E-state index >= 15 is 0 Å². The summed E-state index contributed by atoms with van der Waals surface area (Å²) in [5.74, 6) is 1.65. The van der Waals surface area contributed by atoms with Crippen LogP contribution in [0.15, 0.2) is 30.5 Å². The first-order chi connectivity index (χ1) is 8.31. The molecule has 1 aliphatic rings. The predicted molar refractivity (Wildman–Crippen MR) is 69.1 cm³/mol. The van der Waals surface area contributed by atoms with Gasteiger partial charge in [-0.2, -0.15) is 0 Å². The van der Waals surface area contributed by atoms with Crippen LogP contribution in [0.3, 0.4) is 0 Å². The number of imidazole rings is 1. The number of hydrogen-bond donors (Lipinski definition) is 2. The second kappa shape index (κ2) is 4.51. The van der Waals surface area contributed by atoms with Crippen molar-refractivity contribution >= 4 is 11.6 Å². The molecule has 3 rings (SSSR count). The normalized spacial score (nSPS) is 15.8. The first-order valence-corrected chi connectivity index (χ1v) is 6.19. The van der Waals surface area contributed by atoms with E-state index < -0.39 is 0 Å². The van der Waals surface area contributed by atoms with E-state index in [0.29, 0.717) is 0 Å². The Kier molecular flexibility index (Phi) is 2.87. The van der Waals surface area contributed by atoms with Crippen LogP contribution < -0.4 is 5.32 Å². The zero-order valence-electron chi connectivity index (χ0n) is 9.41. The fourth-order valence-electron chi connectivity index (χ4n) is 2.05. The maximum atomic E-state index is 5.97. The van der Waals surface area contributed by atoms with Gasteiger partial charge in [0.05, 0.1) is 0 Å². The molecule has 0 amide bonds. The van der Waals surface area contributed by atoms with Crippen LogP contribution in [0, 0.1) is 5.92 Å². The lowest BCUT2D eigenvalue weighted by molar-refractivity contribution is 0.344. The van der Waals surface area contributed by atoms with Gasteiger partial charge in [-0.25, -0.2) is 4.98 Å². The fraction of sp³-hybridized carbons (Fsp3) is 0.308. The summed E-state index contributed by atoms with van der Waals surface area (Å²) in [4.78, 5) is 7.76. The predicted octanol–water partition coefficient (Wildman–Crippen LogP) is 2.49. The van der Waals surface area contributed by atoms with Crippen molar-refractivity contribution in [2.24, 2.45) is 5.92 Å². The number of halogens is 1. The molecule has 0 unspecified atom stereocenters. The second-order valence-corrected chi connectivity index (χ2v) is 4.93. The number of rotatable bonds is 3.